The summed E-state index contributed by atoms with van der Waals surface area (Å²) in [6.07, 6.45) is -3.33. The fraction of sp³-hybridized carbons (Fsp3) is 0.333. The molecular formula is C21H20F3N5O4. The Labute approximate surface area is 185 Å². The van der Waals surface area contributed by atoms with Crippen LogP contribution in [-0.2, 0) is 24.6 Å². The first-order chi connectivity index (χ1) is 15.6. The summed E-state index contributed by atoms with van der Waals surface area (Å²) in [6.45, 7) is -0.636. The van der Waals surface area contributed by atoms with E-state index in [0.29, 0.717) is 17.4 Å². The van der Waals surface area contributed by atoms with Gasteiger partial charge < -0.3 is 20.5 Å². The Morgan fingerprint density at radius 2 is 2.15 bits per heavy atom. The van der Waals surface area contributed by atoms with Crippen molar-refractivity contribution < 1.29 is 32.6 Å². The molecule has 33 heavy (non-hydrogen) atoms. The summed E-state index contributed by atoms with van der Waals surface area (Å²) in [5, 5.41) is 19.5. The van der Waals surface area contributed by atoms with Crippen LogP contribution in [0.4, 0.5) is 13.2 Å². The van der Waals surface area contributed by atoms with E-state index in [1.54, 1.807) is 13.1 Å². The van der Waals surface area contributed by atoms with Crippen LogP contribution in [0.1, 0.15) is 28.2 Å². The number of fused-ring (bicyclic) bond motifs is 1. The Hall–Kier alpha value is -3.67. The molecule has 174 valence electrons. The lowest BCUT2D eigenvalue weighted by Crippen LogP contribution is -2.56. The number of aliphatic hydroxyl groups is 1. The smallest absolute Gasteiger partial charge is 0.433 e. The van der Waals surface area contributed by atoms with Crippen LogP contribution in [-0.4, -0.2) is 50.4 Å². The zero-order valence-electron chi connectivity index (χ0n) is 17.4. The highest BCUT2D eigenvalue weighted by atomic mass is 19.4. The summed E-state index contributed by atoms with van der Waals surface area (Å²) in [5.74, 6) is -0.891. The number of carbonyl (C=O) groups is 2. The van der Waals surface area contributed by atoms with Crippen LogP contribution < -0.4 is 15.4 Å². The highest BCUT2D eigenvalue weighted by Crippen LogP contribution is 2.31. The number of rotatable bonds is 6. The summed E-state index contributed by atoms with van der Waals surface area (Å²) >= 11 is 0. The topological polar surface area (TPSA) is 118 Å². The van der Waals surface area contributed by atoms with Gasteiger partial charge in [0.25, 0.3) is 5.91 Å². The van der Waals surface area contributed by atoms with Gasteiger partial charge in [-0.25, -0.2) is 0 Å². The van der Waals surface area contributed by atoms with Crippen molar-refractivity contribution in [2.45, 2.75) is 24.7 Å². The third kappa shape index (κ3) is 4.21. The maximum absolute atomic E-state index is 13.2. The molecule has 0 radical (unpaired) electrons. The first kappa shape index (κ1) is 22.5. The standard InChI is InChI=1S/C21H20F3N5O4/c1-29-16(18(31)27-20(11-30)6-8-26-19(20)32)14-9-13(4-5-15(14)28-29)33-10-12-3-2-7-25-17(12)21(22,23)24/h2-5,7,9,30H,6,8,10-11H2,1H3,(H,26,32)(H,27,31). The average molecular weight is 463 g/mol. The number of amides is 2. The van der Waals surface area contributed by atoms with Gasteiger partial charge >= 0.3 is 6.18 Å². The van der Waals surface area contributed by atoms with E-state index in [9.17, 15) is 27.9 Å². The molecule has 0 spiro atoms. The number of nitrogens with one attached hydrogen (secondary N) is 2. The van der Waals surface area contributed by atoms with Crippen molar-refractivity contribution in [3.05, 3.63) is 53.5 Å². The predicted molar refractivity (Wildman–Crippen MR) is 109 cm³/mol. The number of benzene rings is 1. The summed E-state index contributed by atoms with van der Waals surface area (Å²) in [6, 6.07) is 7.25. The van der Waals surface area contributed by atoms with Gasteiger partial charge in [-0.2, -0.15) is 18.3 Å². The third-order valence-electron chi connectivity index (χ3n) is 5.47. The zero-order chi connectivity index (χ0) is 23.8. The number of aliphatic hydroxyl groups excluding tert-OH is 1. The maximum Gasteiger partial charge on any atom is 0.433 e. The molecule has 0 aliphatic carbocycles. The predicted octanol–water partition coefficient (Wildman–Crippen LogP) is 1.55. The second-order valence-electron chi connectivity index (χ2n) is 7.65. The van der Waals surface area contributed by atoms with Gasteiger partial charge in [-0.05, 0) is 30.7 Å². The molecule has 1 aromatic carbocycles. The number of aryl methyl sites for hydroxylation is 1. The third-order valence-corrected chi connectivity index (χ3v) is 5.47. The van der Waals surface area contributed by atoms with Crippen molar-refractivity contribution in [1.29, 1.82) is 0 Å². The second kappa shape index (κ2) is 8.35. The molecule has 0 bridgehead atoms. The van der Waals surface area contributed by atoms with Gasteiger partial charge in [0.05, 0.1) is 12.1 Å². The normalized spacial score (nSPS) is 18.4. The van der Waals surface area contributed by atoms with Gasteiger partial charge in [-0.15, -0.1) is 0 Å². The van der Waals surface area contributed by atoms with E-state index in [1.165, 1.54) is 28.9 Å². The van der Waals surface area contributed by atoms with Crippen LogP contribution in [0.2, 0.25) is 0 Å². The van der Waals surface area contributed by atoms with Gasteiger partial charge in [0.1, 0.15) is 23.6 Å². The zero-order valence-corrected chi connectivity index (χ0v) is 17.4. The van der Waals surface area contributed by atoms with Crippen LogP contribution in [0.15, 0.2) is 36.5 Å². The molecular weight excluding hydrogens is 443 g/mol. The first-order valence-corrected chi connectivity index (χ1v) is 9.97. The van der Waals surface area contributed by atoms with Crippen molar-refractivity contribution in [2.24, 2.45) is 7.05 Å². The lowest BCUT2D eigenvalue weighted by molar-refractivity contribution is -0.142. The van der Waals surface area contributed by atoms with E-state index < -0.39 is 35.8 Å². The monoisotopic (exact) mass is 463 g/mol. The molecule has 9 nitrogen and oxygen atoms in total. The summed E-state index contributed by atoms with van der Waals surface area (Å²) < 4.78 is 46.4. The average Bonchev–Trinajstić information content (AvgIpc) is 3.30. The van der Waals surface area contributed by atoms with E-state index in [-0.39, 0.29) is 30.0 Å². The van der Waals surface area contributed by atoms with Crippen molar-refractivity contribution in [3.63, 3.8) is 0 Å². The molecule has 4 rings (SSSR count). The Morgan fingerprint density at radius 1 is 1.36 bits per heavy atom. The number of hydrogen-bond donors (Lipinski definition) is 3. The molecule has 3 heterocycles. The molecule has 0 saturated carbocycles. The fourth-order valence-electron chi connectivity index (χ4n) is 3.77. The number of pyridine rings is 1. The van der Waals surface area contributed by atoms with E-state index >= 15 is 0 Å². The Bertz CT molecular complexity index is 1230. The Morgan fingerprint density at radius 3 is 2.82 bits per heavy atom. The van der Waals surface area contributed by atoms with Crippen molar-refractivity contribution >= 4 is 22.7 Å². The van der Waals surface area contributed by atoms with Crippen LogP contribution in [0, 0.1) is 0 Å². The molecule has 1 aliphatic rings. The lowest BCUT2D eigenvalue weighted by atomic mass is 9.98. The largest absolute Gasteiger partial charge is 0.489 e. The number of halogens is 3. The minimum Gasteiger partial charge on any atom is -0.489 e. The van der Waals surface area contributed by atoms with E-state index in [4.69, 9.17) is 4.74 Å². The summed E-state index contributed by atoms with van der Waals surface area (Å²) in [4.78, 5) is 28.6. The maximum atomic E-state index is 13.2. The summed E-state index contributed by atoms with van der Waals surface area (Å²) in [5.41, 5.74) is -2.04. The first-order valence-electron chi connectivity index (χ1n) is 9.97. The molecule has 3 N–H and O–H groups in total. The van der Waals surface area contributed by atoms with Crippen LogP contribution in [0.3, 0.4) is 0 Å². The molecule has 3 aromatic rings. The van der Waals surface area contributed by atoms with Gasteiger partial charge in [-0.1, -0.05) is 6.07 Å². The number of nitrogens with zero attached hydrogens (tertiary/aromatic N) is 3. The Balaban J connectivity index is 1.61. The number of aromatic nitrogens is 3. The van der Waals surface area contributed by atoms with Crippen molar-refractivity contribution in [3.8, 4) is 5.75 Å². The van der Waals surface area contributed by atoms with Gasteiger partial charge in [0.2, 0.25) is 5.91 Å². The highest BCUT2D eigenvalue weighted by molar-refractivity contribution is 6.07. The molecule has 1 saturated heterocycles. The summed E-state index contributed by atoms with van der Waals surface area (Å²) in [7, 11) is 1.54. The molecule has 2 amide bonds. The second-order valence-corrected chi connectivity index (χ2v) is 7.65. The minimum atomic E-state index is -4.62. The van der Waals surface area contributed by atoms with Crippen LogP contribution in [0.25, 0.3) is 10.9 Å². The van der Waals surface area contributed by atoms with E-state index in [1.807, 2.05) is 0 Å². The van der Waals surface area contributed by atoms with E-state index in [2.05, 4.69) is 20.7 Å². The van der Waals surface area contributed by atoms with Crippen LogP contribution >= 0.6 is 0 Å². The van der Waals surface area contributed by atoms with Crippen molar-refractivity contribution in [2.75, 3.05) is 13.2 Å². The number of carbonyl (C=O) groups excluding carboxylic acids is 2. The quantitative estimate of drug-likeness (QED) is 0.511. The molecule has 1 atom stereocenters. The van der Waals surface area contributed by atoms with Crippen molar-refractivity contribution in [1.82, 2.24) is 25.4 Å². The SMILES string of the molecule is Cn1nc2ccc(OCc3cccnc3C(F)(F)F)cc2c1C(=O)NC1(CO)CCNC1=O. The molecule has 2 aromatic heterocycles. The fourth-order valence-corrected chi connectivity index (χ4v) is 3.77. The lowest BCUT2D eigenvalue weighted by Gasteiger charge is -2.24. The van der Waals surface area contributed by atoms with Gasteiger partial charge in [-0.3, -0.25) is 19.3 Å². The number of alkyl halides is 3. The molecule has 1 aliphatic heterocycles. The molecule has 12 heteroatoms. The van der Waals surface area contributed by atoms with Gasteiger partial charge in [0.15, 0.2) is 5.69 Å². The van der Waals surface area contributed by atoms with E-state index in [0.717, 1.165) is 6.20 Å². The Kier molecular flexibility index (Phi) is 5.70. The molecule has 1 unspecified atom stereocenters. The number of ether oxygens (including phenoxy) is 1. The van der Waals surface area contributed by atoms with Crippen LogP contribution in [0.5, 0.6) is 5.75 Å². The minimum absolute atomic E-state index is 0.111. The highest BCUT2D eigenvalue weighted by Gasteiger charge is 2.44. The van der Waals surface area contributed by atoms with Gasteiger partial charge in [0, 0.05) is 30.7 Å². The number of hydrogen-bond acceptors (Lipinski definition) is 6. The molecule has 1 fully saturated rings.